The van der Waals surface area contributed by atoms with E-state index >= 15 is 0 Å². The minimum Gasteiger partial charge on any atom is -0.490 e. The predicted octanol–water partition coefficient (Wildman–Crippen LogP) is 4.66. The van der Waals surface area contributed by atoms with Crippen molar-refractivity contribution in [2.75, 3.05) is 13.2 Å². The number of imidazole rings is 1. The van der Waals surface area contributed by atoms with E-state index in [-0.39, 0.29) is 11.7 Å². The van der Waals surface area contributed by atoms with E-state index in [1.54, 1.807) is 47.3 Å². The van der Waals surface area contributed by atoms with Crippen molar-refractivity contribution in [1.82, 2.24) is 14.9 Å². The first-order valence-electron chi connectivity index (χ1n) is 10.5. The zero-order valence-electron chi connectivity index (χ0n) is 18.1. The maximum Gasteiger partial charge on any atom is 0.252 e. The normalized spacial score (nSPS) is 11.7. The van der Waals surface area contributed by atoms with Gasteiger partial charge in [0, 0.05) is 25.0 Å². The van der Waals surface area contributed by atoms with Crippen LogP contribution in [0.1, 0.15) is 54.5 Å². The van der Waals surface area contributed by atoms with Gasteiger partial charge in [-0.15, -0.1) is 0 Å². The Morgan fingerprint density at radius 2 is 1.84 bits per heavy atom. The number of hydrogen-bond donors (Lipinski definition) is 1. The molecule has 0 bridgehead atoms. The number of aromatic nitrogens is 2. The summed E-state index contributed by atoms with van der Waals surface area (Å²) >= 11 is 0. The molecule has 0 aliphatic heterocycles. The van der Waals surface area contributed by atoms with Crippen LogP contribution in [0.5, 0.6) is 11.5 Å². The number of benzene rings is 2. The zero-order chi connectivity index (χ0) is 22.2. The van der Waals surface area contributed by atoms with E-state index in [9.17, 15) is 9.18 Å². The lowest BCUT2D eigenvalue weighted by Gasteiger charge is -2.20. The Balaban J connectivity index is 1.90. The fourth-order valence-electron chi connectivity index (χ4n) is 3.16. The Morgan fingerprint density at radius 1 is 1.10 bits per heavy atom. The van der Waals surface area contributed by atoms with Gasteiger partial charge in [0.2, 0.25) is 0 Å². The molecule has 3 rings (SSSR count). The fraction of sp³-hybridized carbons (Fsp3) is 0.333. The van der Waals surface area contributed by atoms with Crippen molar-refractivity contribution in [3.63, 3.8) is 0 Å². The molecule has 0 aliphatic carbocycles. The molecule has 6 nitrogen and oxygen atoms in total. The number of nitrogens with zero attached hydrogens (tertiary/aromatic N) is 2. The van der Waals surface area contributed by atoms with E-state index in [4.69, 9.17) is 9.47 Å². The van der Waals surface area contributed by atoms with Crippen LogP contribution in [0.4, 0.5) is 4.39 Å². The average molecular weight is 426 g/mol. The summed E-state index contributed by atoms with van der Waals surface area (Å²) in [4.78, 5) is 17.5. The van der Waals surface area contributed by atoms with Gasteiger partial charge in [-0.05, 0) is 48.7 Å². The number of amides is 1. The largest absolute Gasteiger partial charge is 0.490 e. The Kier molecular flexibility index (Phi) is 7.65. The summed E-state index contributed by atoms with van der Waals surface area (Å²) in [6.07, 6.45) is 5.13. The number of ether oxygens (including phenoxy) is 2. The van der Waals surface area contributed by atoms with Gasteiger partial charge in [0.25, 0.3) is 5.91 Å². The smallest absolute Gasteiger partial charge is 0.252 e. The molecule has 0 fully saturated rings. The molecule has 1 aromatic heterocycles. The maximum absolute atomic E-state index is 13.9. The predicted molar refractivity (Wildman–Crippen MR) is 117 cm³/mol. The molecule has 0 spiro atoms. The standard InChI is InChI=1S/C24H28FN3O3/c1-4-13-30-20-10-9-18(16-21(20)31-14-5-2)24(29)27-22(23-26-11-12-28(23)3)17-7-6-8-19(25)15-17/h6-12,15-16,22H,4-5,13-14H2,1-3H3,(H,27,29). The lowest BCUT2D eigenvalue weighted by Crippen LogP contribution is -2.31. The number of aryl methyl sites for hydroxylation is 1. The van der Waals surface area contributed by atoms with Crippen LogP contribution >= 0.6 is 0 Å². The van der Waals surface area contributed by atoms with Crippen LogP contribution in [0, 0.1) is 5.82 Å². The van der Waals surface area contributed by atoms with E-state index in [2.05, 4.69) is 10.3 Å². The van der Waals surface area contributed by atoms with Crippen LogP contribution in [0.25, 0.3) is 0 Å². The monoisotopic (exact) mass is 425 g/mol. The molecule has 164 valence electrons. The second-order valence-corrected chi connectivity index (χ2v) is 7.22. The third-order valence-corrected chi connectivity index (χ3v) is 4.70. The van der Waals surface area contributed by atoms with Crippen LogP contribution < -0.4 is 14.8 Å². The van der Waals surface area contributed by atoms with E-state index in [1.807, 2.05) is 20.9 Å². The molecule has 1 unspecified atom stereocenters. The highest BCUT2D eigenvalue weighted by Gasteiger charge is 2.22. The van der Waals surface area contributed by atoms with Crippen LogP contribution in [-0.2, 0) is 7.05 Å². The van der Waals surface area contributed by atoms with E-state index in [0.29, 0.717) is 41.7 Å². The molecule has 0 radical (unpaired) electrons. The third kappa shape index (κ3) is 5.63. The molecule has 7 heteroatoms. The van der Waals surface area contributed by atoms with Gasteiger partial charge in [-0.3, -0.25) is 4.79 Å². The number of carbonyl (C=O) groups is 1. The lowest BCUT2D eigenvalue weighted by molar-refractivity contribution is 0.0940. The van der Waals surface area contributed by atoms with Crippen molar-refractivity contribution < 1.29 is 18.7 Å². The van der Waals surface area contributed by atoms with Crippen LogP contribution in [0.3, 0.4) is 0 Å². The Labute approximate surface area is 182 Å². The van der Waals surface area contributed by atoms with Crippen molar-refractivity contribution >= 4 is 5.91 Å². The van der Waals surface area contributed by atoms with Gasteiger partial charge in [0.1, 0.15) is 17.7 Å². The summed E-state index contributed by atoms with van der Waals surface area (Å²) in [5.41, 5.74) is 1.03. The number of halogens is 1. The van der Waals surface area contributed by atoms with Crippen LogP contribution in [0.15, 0.2) is 54.9 Å². The van der Waals surface area contributed by atoms with Crippen molar-refractivity contribution in [1.29, 1.82) is 0 Å². The van der Waals surface area contributed by atoms with Gasteiger partial charge in [-0.1, -0.05) is 26.0 Å². The summed E-state index contributed by atoms with van der Waals surface area (Å²) in [7, 11) is 1.83. The summed E-state index contributed by atoms with van der Waals surface area (Å²) in [5, 5.41) is 2.98. The van der Waals surface area contributed by atoms with Crippen molar-refractivity contribution in [2.24, 2.45) is 7.05 Å². The second-order valence-electron chi connectivity index (χ2n) is 7.22. The highest BCUT2D eigenvalue weighted by molar-refractivity contribution is 5.95. The van der Waals surface area contributed by atoms with Gasteiger partial charge in [-0.25, -0.2) is 9.37 Å². The topological polar surface area (TPSA) is 65.4 Å². The van der Waals surface area contributed by atoms with Crippen molar-refractivity contribution in [3.05, 3.63) is 77.6 Å². The first-order chi connectivity index (χ1) is 15.0. The quantitative estimate of drug-likeness (QED) is 0.513. The highest BCUT2D eigenvalue weighted by Crippen LogP contribution is 2.29. The molecule has 1 amide bonds. The Bertz CT molecular complexity index is 1020. The minimum atomic E-state index is -0.612. The minimum absolute atomic E-state index is 0.319. The van der Waals surface area contributed by atoms with Crippen molar-refractivity contribution in [2.45, 2.75) is 32.7 Å². The number of rotatable bonds is 10. The molecule has 31 heavy (non-hydrogen) atoms. The molecule has 1 heterocycles. The SMILES string of the molecule is CCCOc1ccc(C(=O)NC(c2cccc(F)c2)c2nccn2C)cc1OCCC. The Hall–Kier alpha value is -3.35. The number of carbonyl (C=O) groups excluding carboxylic acids is 1. The van der Waals surface area contributed by atoms with Crippen LogP contribution in [0.2, 0.25) is 0 Å². The van der Waals surface area contributed by atoms with Gasteiger partial charge >= 0.3 is 0 Å². The first-order valence-corrected chi connectivity index (χ1v) is 10.5. The van der Waals surface area contributed by atoms with Gasteiger partial charge in [0.05, 0.1) is 13.2 Å². The van der Waals surface area contributed by atoms with E-state index < -0.39 is 6.04 Å². The fourth-order valence-corrected chi connectivity index (χ4v) is 3.16. The third-order valence-electron chi connectivity index (χ3n) is 4.70. The number of hydrogen-bond acceptors (Lipinski definition) is 4. The van der Waals surface area contributed by atoms with Crippen molar-refractivity contribution in [3.8, 4) is 11.5 Å². The molecular formula is C24H28FN3O3. The van der Waals surface area contributed by atoms with Gasteiger partial charge < -0.3 is 19.4 Å². The molecule has 0 saturated heterocycles. The summed E-state index contributed by atoms with van der Waals surface area (Å²) in [6, 6.07) is 10.7. The lowest BCUT2D eigenvalue weighted by atomic mass is 10.0. The molecule has 1 N–H and O–H groups in total. The molecule has 0 saturated carbocycles. The molecular weight excluding hydrogens is 397 g/mol. The Morgan fingerprint density at radius 3 is 2.48 bits per heavy atom. The van der Waals surface area contributed by atoms with Gasteiger partial charge in [0.15, 0.2) is 11.5 Å². The maximum atomic E-state index is 13.9. The summed E-state index contributed by atoms with van der Waals surface area (Å²) in [5.74, 6) is 1.04. The molecule has 3 aromatic rings. The van der Waals surface area contributed by atoms with Gasteiger partial charge in [-0.2, -0.15) is 0 Å². The average Bonchev–Trinajstić information content (AvgIpc) is 3.20. The second kappa shape index (κ2) is 10.6. The highest BCUT2D eigenvalue weighted by atomic mass is 19.1. The van der Waals surface area contributed by atoms with E-state index in [1.165, 1.54) is 12.1 Å². The molecule has 0 aliphatic rings. The zero-order valence-corrected chi connectivity index (χ0v) is 18.1. The van der Waals surface area contributed by atoms with E-state index in [0.717, 1.165) is 12.8 Å². The molecule has 1 atom stereocenters. The van der Waals surface area contributed by atoms with Crippen LogP contribution in [-0.4, -0.2) is 28.7 Å². The number of nitrogens with one attached hydrogen (secondary N) is 1. The molecule has 2 aromatic carbocycles. The summed E-state index contributed by atoms with van der Waals surface area (Å²) in [6.45, 7) is 5.12. The first kappa shape index (κ1) is 22.3. The summed E-state index contributed by atoms with van der Waals surface area (Å²) < 4.78 is 27.2.